The van der Waals surface area contributed by atoms with Gasteiger partial charge in [0.25, 0.3) is 5.56 Å². The monoisotopic (exact) mass is 469 g/mol. The fourth-order valence-corrected chi connectivity index (χ4v) is 5.50. The zero-order chi connectivity index (χ0) is 22.2. The number of aromatic nitrogens is 4. The second kappa shape index (κ2) is 8.68. The van der Waals surface area contributed by atoms with Gasteiger partial charge in [-0.15, -0.1) is 21.5 Å². The summed E-state index contributed by atoms with van der Waals surface area (Å²) >= 11 is 2.71. The summed E-state index contributed by atoms with van der Waals surface area (Å²) in [7, 11) is 0. The van der Waals surface area contributed by atoms with Crippen LogP contribution >= 0.6 is 23.1 Å². The summed E-state index contributed by atoms with van der Waals surface area (Å²) in [5.41, 5.74) is 3.61. The largest absolute Gasteiger partial charge is 0.376 e. The molecule has 1 atom stereocenters. The van der Waals surface area contributed by atoms with Crippen molar-refractivity contribution in [3.05, 3.63) is 51.1 Å². The summed E-state index contributed by atoms with van der Waals surface area (Å²) in [6, 6.07) is 7.87. The Morgan fingerprint density at radius 2 is 2.19 bits per heavy atom. The lowest BCUT2D eigenvalue weighted by molar-refractivity contribution is -0.113. The van der Waals surface area contributed by atoms with E-state index in [2.05, 4.69) is 15.5 Å². The zero-order valence-electron chi connectivity index (χ0n) is 17.8. The molecule has 1 fully saturated rings. The van der Waals surface area contributed by atoms with Crippen LogP contribution in [0.3, 0.4) is 0 Å². The van der Waals surface area contributed by atoms with Gasteiger partial charge in [-0.2, -0.15) is 0 Å². The quantitative estimate of drug-likeness (QED) is 0.434. The van der Waals surface area contributed by atoms with Crippen LogP contribution in [0.2, 0.25) is 0 Å². The van der Waals surface area contributed by atoms with E-state index in [1.807, 2.05) is 47.9 Å². The minimum absolute atomic E-state index is 0.00469. The molecule has 0 aliphatic carbocycles. The van der Waals surface area contributed by atoms with E-state index in [9.17, 15) is 9.59 Å². The van der Waals surface area contributed by atoms with E-state index >= 15 is 0 Å². The van der Waals surface area contributed by atoms with Gasteiger partial charge in [-0.05, 0) is 55.3 Å². The Labute approximate surface area is 192 Å². The molecular weight excluding hydrogens is 446 g/mol. The summed E-state index contributed by atoms with van der Waals surface area (Å²) in [6.07, 6.45) is 1.93. The molecule has 166 valence electrons. The number of nitrogens with one attached hydrogen (secondary N) is 1. The van der Waals surface area contributed by atoms with Crippen LogP contribution in [-0.2, 0) is 16.1 Å². The normalized spacial score (nSPS) is 16.2. The maximum Gasteiger partial charge on any atom is 0.272 e. The van der Waals surface area contributed by atoms with Crippen molar-refractivity contribution in [2.24, 2.45) is 0 Å². The highest BCUT2D eigenvalue weighted by molar-refractivity contribution is 7.99. The van der Waals surface area contributed by atoms with Gasteiger partial charge in [-0.1, -0.05) is 23.9 Å². The number of rotatable bonds is 6. The SMILES string of the molecule is Cc1ccc(C)c(NC(=O)CSc2nnc3n(C[C@H]4CCCO4)c(=O)c4sccc4n23)c1. The second-order valence-corrected chi connectivity index (χ2v) is 9.82. The highest BCUT2D eigenvalue weighted by atomic mass is 32.2. The highest BCUT2D eigenvalue weighted by Crippen LogP contribution is 2.26. The number of benzene rings is 1. The zero-order valence-corrected chi connectivity index (χ0v) is 19.5. The van der Waals surface area contributed by atoms with Crippen molar-refractivity contribution in [1.82, 2.24) is 19.2 Å². The van der Waals surface area contributed by atoms with Crippen molar-refractivity contribution in [2.45, 2.75) is 44.5 Å². The number of ether oxygens (including phenoxy) is 1. The lowest BCUT2D eigenvalue weighted by Crippen LogP contribution is -2.28. The van der Waals surface area contributed by atoms with Crippen LogP contribution in [0.15, 0.2) is 39.6 Å². The molecule has 4 aromatic rings. The van der Waals surface area contributed by atoms with E-state index in [0.29, 0.717) is 22.2 Å². The molecular formula is C22H23N5O3S2. The van der Waals surface area contributed by atoms with E-state index in [1.165, 1.54) is 23.1 Å². The lowest BCUT2D eigenvalue weighted by Gasteiger charge is -2.13. The van der Waals surface area contributed by atoms with Crippen molar-refractivity contribution >= 4 is 50.7 Å². The van der Waals surface area contributed by atoms with Gasteiger partial charge in [0, 0.05) is 12.3 Å². The molecule has 0 saturated carbocycles. The topological polar surface area (TPSA) is 90.5 Å². The first kappa shape index (κ1) is 21.2. The summed E-state index contributed by atoms with van der Waals surface area (Å²) in [6.45, 7) is 5.13. The van der Waals surface area contributed by atoms with Crippen molar-refractivity contribution in [2.75, 3.05) is 17.7 Å². The molecule has 32 heavy (non-hydrogen) atoms. The molecule has 0 bridgehead atoms. The first-order valence-electron chi connectivity index (χ1n) is 10.5. The van der Waals surface area contributed by atoms with Gasteiger partial charge < -0.3 is 10.1 Å². The number of thioether (sulfide) groups is 1. The molecule has 1 N–H and O–H groups in total. The number of hydrogen-bond donors (Lipinski definition) is 1. The molecule has 10 heteroatoms. The standard InChI is InChI=1S/C22H23N5O3S2/c1-13-5-6-14(2)16(10-13)23-18(28)12-32-22-25-24-21-26(11-15-4-3-8-30-15)20(29)19-17(27(21)22)7-9-31-19/h5-7,9-10,15H,3-4,8,11-12H2,1-2H3,(H,23,28)/t15-/m1/s1. The molecule has 4 heterocycles. The van der Waals surface area contributed by atoms with Crippen molar-refractivity contribution in [1.29, 1.82) is 0 Å². The van der Waals surface area contributed by atoms with Crippen molar-refractivity contribution in [3.8, 4) is 0 Å². The van der Waals surface area contributed by atoms with Gasteiger partial charge in [0.1, 0.15) is 4.70 Å². The van der Waals surface area contributed by atoms with E-state index in [0.717, 1.165) is 41.8 Å². The van der Waals surface area contributed by atoms with Crippen LogP contribution in [0.1, 0.15) is 24.0 Å². The molecule has 8 nitrogen and oxygen atoms in total. The molecule has 0 spiro atoms. The fraction of sp³-hybridized carbons (Fsp3) is 0.364. The number of fused-ring (bicyclic) bond motifs is 3. The van der Waals surface area contributed by atoms with E-state index in [4.69, 9.17) is 4.74 Å². The molecule has 1 aliphatic rings. The van der Waals surface area contributed by atoms with Gasteiger partial charge in [0.15, 0.2) is 5.16 Å². The van der Waals surface area contributed by atoms with Crippen LogP contribution in [0.25, 0.3) is 16.0 Å². The second-order valence-electron chi connectivity index (χ2n) is 7.96. The van der Waals surface area contributed by atoms with E-state index in [-0.39, 0.29) is 23.3 Å². The maximum atomic E-state index is 13.1. The van der Waals surface area contributed by atoms with Crippen LogP contribution < -0.4 is 10.9 Å². The average molecular weight is 470 g/mol. The Balaban J connectivity index is 1.43. The van der Waals surface area contributed by atoms with Crippen molar-refractivity contribution < 1.29 is 9.53 Å². The smallest absolute Gasteiger partial charge is 0.272 e. The predicted molar refractivity (Wildman–Crippen MR) is 127 cm³/mol. The van der Waals surface area contributed by atoms with Gasteiger partial charge >= 0.3 is 0 Å². The van der Waals surface area contributed by atoms with Crippen LogP contribution in [0.4, 0.5) is 5.69 Å². The molecule has 0 radical (unpaired) electrons. The van der Waals surface area contributed by atoms with Gasteiger partial charge in [0.05, 0.1) is 23.9 Å². The van der Waals surface area contributed by atoms with Crippen LogP contribution in [-0.4, -0.2) is 43.5 Å². The minimum Gasteiger partial charge on any atom is -0.376 e. The molecule has 1 aliphatic heterocycles. The molecule has 5 rings (SSSR count). The number of anilines is 1. The van der Waals surface area contributed by atoms with Crippen LogP contribution in [0, 0.1) is 13.8 Å². The average Bonchev–Trinajstić information content (AvgIpc) is 3.52. The summed E-state index contributed by atoms with van der Waals surface area (Å²) in [5, 5.41) is 14.1. The predicted octanol–water partition coefficient (Wildman–Crippen LogP) is 3.63. The summed E-state index contributed by atoms with van der Waals surface area (Å²) in [5.74, 6) is 0.550. The summed E-state index contributed by atoms with van der Waals surface area (Å²) in [4.78, 5) is 25.7. The highest BCUT2D eigenvalue weighted by Gasteiger charge is 2.23. The Bertz CT molecular complexity index is 1370. The number of nitrogens with zero attached hydrogens (tertiary/aromatic N) is 4. The van der Waals surface area contributed by atoms with E-state index < -0.39 is 0 Å². The molecule has 1 saturated heterocycles. The van der Waals surface area contributed by atoms with Crippen LogP contribution in [0.5, 0.6) is 0 Å². The Hall–Kier alpha value is -2.69. The van der Waals surface area contributed by atoms with Gasteiger partial charge in [0.2, 0.25) is 11.7 Å². The Morgan fingerprint density at radius 1 is 1.31 bits per heavy atom. The number of carbonyl (C=O) groups is 1. The Kier molecular flexibility index (Phi) is 5.75. The first-order chi connectivity index (χ1) is 15.5. The molecule has 1 aromatic carbocycles. The third-order valence-electron chi connectivity index (χ3n) is 5.59. The number of hydrogen-bond acceptors (Lipinski definition) is 7. The van der Waals surface area contributed by atoms with Crippen molar-refractivity contribution in [3.63, 3.8) is 0 Å². The fourth-order valence-electron chi connectivity index (χ4n) is 3.94. The summed E-state index contributed by atoms with van der Waals surface area (Å²) < 4.78 is 9.92. The first-order valence-corrected chi connectivity index (χ1v) is 12.3. The number of thiophene rings is 1. The number of aryl methyl sites for hydroxylation is 2. The number of amides is 1. The van der Waals surface area contributed by atoms with Gasteiger partial charge in [-0.3, -0.25) is 18.6 Å². The molecule has 1 amide bonds. The molecule has 0 unspecified atom stereocenters. The van der Waals surface area contributed by atoms with Gasteiger partial charge in [-0.25, -0.2) is 0 Å². The molecule has 3 aromatic heterocycles. The maximum absolute atomic E-state index is 13.1. The van der Waals surface area contributed by atoms with E-state index in [1.54, 1.807) is 4.57 Å². The Morgan fingerprint density at radius 3 is 3.00 bits per heavy atom. The third kappa shape index (κ3) is 3.94. The number of carbonyl (C=O) groups excluding carboxylic acids is 1. The lowest BCUT2D eigenvalue weighted by atomic mass is 10.1. The third-order valence-corrected chi connectivity index (χ3v) is 7.41. The minimum atomic E-state index is -0.116.